The molecule has 0 aliphatic rings. The van der Waals surface area contributed by atoms with Crippen LogP contribution in [0.1, 0.15) is 64.0 Å². The number of amides is 2. The van der Waals surface area contributed by atoms with Gasteiger partial charge in [0, 0.05) is 0 Å². The van der Waals surface area contributed by atoms with E-state index in [1.807, 2.05) is 6.92 Å². The number of hydrogen-bond donors (Lipinski definition) is 2. The first kappa shape index (κ1) is 23.0. The molecule has 2 rings (SSSR count). The minimum atomic E-state index is -0.863. The number of carbonyl (C=O) groups is 3. The van der Waals surface area contributed by atoms with Crippen molar-refractivity contribution in [2.75, 3.05) is 11.9 Å². The molecular formula is C18H23N5O6S. The van der Waals surface area contributed by atoms with E-state index in [9.17, 15) is 24.5 Å². The zero-order valence-electron chi connectivity index (χ0n) is 17.1. The van der Waals surface area contributed by atoms with Crippen molar-refractivity contribution in [1.82, 2.24) is 9.78 Å². The molecule has 2 aromatic heterocycles. The summed E-state index contributed by atoms with van der Waals surface area (Å²) in [5.74, 6) is -2.31. The van der Waals surface area contributed by atoms with Gasteiger partial charge in [-0.3, -0.25) is 9.59 Å². The maximum atomic E-state index is 13.0. The maximum Gasteiger partial charge on any atom is 0.390 e. The highest BCUT2D eigenvalue weighted by Crippen LogP contribution is 2.34. The summed E-state index contributed by atoms with van der Waals surface area (Å²) >= 11 is 0.877. The summed E-state index contributed by atoms with van der Waals surface area (Å²) in [5, 5.41) is 17.6. The van der Waals surface area contributed by atoms with E-state index in [-0.39, 0.29) is 34.3 Å². The Labute approximate surface area is 176 Å². The van der Waals surface area contributed by atoms with Crippen molar-refractivity contribution in [2.24, 2.45) is 5.73 Å². The standard InChI is InChI=1S/C18H23N5O6S/c1-5-7-29-18(26)13-10(4)14(15(19)24)30-17(13)20-16(25)11(6-2)22-9(3)8-12(21-22)23(27)28/h8,11H,5-7H2,1-4H3,(H2,19,24)(H,20,25). The van der Waals surface area contributed by atoms with E-state index in [2.05, 4.69) is 10.4 Å². The van der Waals surface area contributed by atoms with Crippen LogP contribution in [0, 0.1) is 24.0 Å². The highest BCUT2D eigenvalue weighted by atomic mass is 32.1. The molecule has 3 N–H and O–H groups in total. The second-order valence-corrected chi connectivity index (χ2v) is 7.54. The molecule has 11 nitrogen and oxygen atoms in total. The molecule has 0 radical (unpaired) electrons. The molecule has 12 heteroatoms. The van der Waals surface area contributed by atoms with Gasteiger partial charge in [-0.05, 0) is 37.2 Å². The third-order valence-corrected chi connectivity index (χ3v) is 5.55. The number of anilines is 1. The van der Waals surface area contributed by atoms with Gasteiger partial charge in [-0.25, -0.2) is 4.79 Å². The number of nitrogens with two attached hydrogens (primary N) is 1. The van der Waals surface area contributed by atoms with Crippen LogP contribution in [0.5, 0.6) is 0 Å². The van der Waals surface area contributed by atoms with Crippen LogP contribution in [-0.4, -0.2) is 39.1 Å². The Balaban J connectivity index is 2.41. The SMILES string of the molecule is CCCOC(=O)c1c(NC(=O)C(CC)n2nc([N+](=O)[O-])cc2C)sc(C(N)=O)c1C. The fraction of sp³-hybridized carbons (Fsp3) is 0.444. The highest BCUT2D eigenvalue weighted by molar-refractivity contribution is 7.18. The van der Waals surface area contributed by atoms with Gasteiger partial charge in [0.05, 0.1) is 33.9 Å². The Hall–Kier alpha value is -3.28. The normalized spacial score (nSPS) is 11.7. The summed E-state index contributed by atoms with van der Waals surface area (Å²) in [5.41, 5.74) is 6.21. The number of nitrogens with zero attached hydrogens (tertiary/aromatic N) is 3. The number of esters is 1. The smallest absolute Gasteiger partial charge is 0.390 e. The van der Waals surface area contributed by atoms with E-state index in [0.29, 0.717) is 17.7 Å². The third kappa shape index (κ3) is 4.64. The molecule has 0 bridgehead atoms. The molecule has 2 heterocycles. The molecule has 0 aliphatic heterocycles. The Bertz CT molecular complexity index is 996. The fourth-order valence-corrected chi connectivity index (χ4v) is 3.94. The maximum absolute atomic E-state index is 13.0. The second kappa shape index (κ2) is 9.48. The molecule has 0 aromatic carbocycles. The van der Waals surface area contributed by atoms with E-state index >= 15 is 0 Å². The van der Waals surface area contributed by atoms with E-state index < -0.39 is 28.7 Å². The van der Waals surface area contributed by atoms with E-state index in [4.69, 9.17) is 10.5 Å². The van der Waals surface area contributed by atoms with Crippen LogP contribution in [0.15, 0.2) is 6.07 Å². The zero-order chi connectivity index (χ0) is 22.6. The molecule has 30 heavy (non-hydrogen) atoms. The molecule has 0 aliphatic carbocycles. The molecule has 0 fully saturated rings. The molecular weight excluding hydrogens is 414 g/mol. The number of nitrogens with one attached hydrogen (secondary N) is 1. The summed E-state index contributed by atoms with van der Waals surface area (Å²) in [6.45, 7) is 6.89. The van der Waals surface area contributed by atoms with Crippen molar-refractivity contribution < 1.29 is 24.0 Å². The summed E-state index contributed by atoms with van der Waals surface area (Å²) in [7, 11) is 0. The summed E-state index contributed by atoms with van der Waals surface area (Å²) in [6, 6.07) is 0.405. The second-order valence-electron chi connectivity index (χ2n) is 6.52. The van der Waals surface area contributed by atoms with Crippen molar-refractivity contribution >= 4 is 39.9 Å². The molecule has 162 valence electrons. The Kier molecular flexibility index (Phi) is 7.27. The van der Waals surface area contributed by atoms with E-state index in [0.717, 1.165) is 11.3 Å². The van der Waals surface area contributed by atoms with E-state index in [1.54, 1.807) is 20.8 Å². The van der Waals surface area contributed by atoms with E-state index in [1.165, 1.54) is 10.7 Å². The van der Waals surface area contributed by atoms with Crippen molar-refractivity contribution in [3.63, 3.8) is 0 Å². The number of aryl methyl sites for hydroxylation is 1. The third-order valence-electron chi connectivity index (χ3n) is 4.33. The Morgan fingerprint density at radius 2 is 2.03 bits per heavy atom. The Morgan fingerprint density at radius 3 is 2.53 bits per heavy atom. The first-order chi connectivity index (χ1) is 14.1. The number of aromatic nitrogens is 2. The van der Waals surface area contributed by atoms with Gasteiger partial charge < -0.3 is 25.9 Å². The zero-order valence-corrected chi connectivity index (χ0v) is 17.9. The average molecular weight is 437 g/mol. The van der Waals surface area contributed by atoms with Crippen molar-refractivity contribution in [1.29, 1.82) is 0 Å². The minimum Gasteiger partial charge on any atom is -0.462 e. The lowest BCUT2D eigenvalue weighted by Gasteiger charge is -2.14. The number of nitro groups is 1. The van der Waals surface area contributed by atoms with Crippen molar-refractivity contribution in [2.45, 2.75) is 46.6 Å². The van der Waals surface area contributed by atoms with Crippen LogP contribution in [-0.2, 0) is 9.53 Å². The first-order valence-electron chi connectivity index (χ1n) is 9.23. The predicted molar refractivity (Wildman–Crippen MR) is 110 cm³/mol. The predicted octanol–water partition coefficient (Wildman–Crippen LogP) is 2.73. The molecule has 0 saturated carbocycles. The van der Waals surface area contributed by atoms with Crippen molar-refractivity contribution in [3.8, 4) is 0 Å². The van der Waals surface area contributed by atoms with Crippen LogP contribution in [0.25, 0.3) is 0 Å². The van der Waals surface area contributed by atoms with Gasteiger partial charge >= 0.3 is 11.8 Å². The van der Waals surface area contributed by atoms with Crippen LogP contribution in [0.2, 0.25) is 0 Å². The number of rotatable bonds is 9. The number of primary amides is 1. The Morgan fingerprint density at radius 1 is 1.37 bits per heavy atom. The average Bonchev–Trinajstić information content (AvgIpc) is 3.21. The van der Waals surface area contributed by atoms with Gasteiger partial charge in [-0.2, -0.15) is 4.68 Å². The monoisotopic (exact) mass is 437 g/mol. The van der Waals surface area contributed by atoms with Gasteiger partial charge in [-0.1, -0.05) is 13.8 Å². The van der Waals surface area contributed by atoms with Crippen LogP contribution in [0.3, 0.4) is 0 Å². The number of hydrogen-bond acceptors (Lipinski definition) is 8. The minimum absolute atomic E-state index is 0.0635. The van der Waals surface area contributed by atoms with Crippen LogP contribution in [0.4, 0.5) is 10.8 Å². The summed E-state index contributed by atoms with van der Waals surface area (Å²) in [6.07, 6.45) is 0.892. The van der Waals surface area contributed by atoms with Gasteiger partial charge in [0.25, 0.3) is 11.8 Å². The summed E-state index contributed by atoms with van der Waals surface area (Å²) in [4.78, 5) is 47.6. The molecule has 0 spiro atoms. The van der Waals surface area contributed by atoms with Gasteiger partial charge in [0.1, 0.15) is 5.00 Å². The largest absolute Gasteiger partial charge is 0.462 e. The number of carbonyl (C=O) groups excluding carboxylic acids is 3. The topological polar surface area (TPSA) is 159 Å². The molecule has 2 aromatic rings. The van der Waals surface area contributed by atoms with Crippen LogP contribution >= 0.6 is 11.3 Å². The lowest BCUT2D eigenvalue weighted by atomic mass is 10.1. The molecule has 1 atom stereocenters. The van der Waals surface area contributed by atoms with Gasteiger partial charge in [0.2, 0.25) is 0 Å². The van der Waals surface area contributed by atoms with Gasteiger partial charge in [-0.15, -0.1) is 11.3 Å². The van der Waals surface area contributed by atoms with Gasteiger partial charge in [0.15, 0.2) is 6.04 Å². The lowest BCUT2D eigenvalue weighted by molar-refractivity contribution is -0.389. The van der Waals surface area contributed by atoms with Crippen molar-refractivity contribution in [3.05, 3.63) is 37.9 Å². The quantitative estimate of drug-likeness (QED) is 0.346. The number of ether oxygens (including phenoxy) is 1. The first-order valence-corrected chi connectivity index (χ1v) is 10.1. The molecule has 1 unspecified atom stereocenters. The summed E-state index contributed by atoms with van der Waals surface area (Å²) < 4.78 is 6.43. The highest BCUT2D eigenvalue weighted by Gasteiger charge is 2.30. The fourth-order valence-electron chi connectivity index (χ4n) is 2.89. The lowest BCUT2D eigenvalue weighted by Crippen LogP contribution is -2.27. The molecule has 0 saturated heterocycles. The molecule has 2 amide bonds. The number of thiophene rings is 1. The van der Waals surface area contributed by atoms with Crippen LogP contribution < -0.4 is 11.1 Å².